The monoisotopic (exact) mass is 418 g/mol. The summed E-state index contributed by atoms with van der Waals surface area (Å²) in [6.07, 6.45) is 2.94. The largest absolute Gasteiger partial charge is 0.443 e. The van der Waals surface area contributed by atoms with Gasteiger partial charge < -0.3 is 15.4 Å². The summed E-state index contributed by atoms with van der Waals surface area (Å²) in [5.41, 5.74) is 1.57. The Labute approximate surface area is 174 Å². The van der Waals surface area contributed by atoms with Crippen LogP contribution in [0.5, 0.6) is 0 Å². The van der Waals surface area contributed by atoms with Gasteiger partial charge in [0.05, 0.1) is 5.69 Å². The Hall–Kier alpha value is -3.33. The fourth-order valence-corrected chi connectivity index (χ4v) is 2.68. The number of hydrogen-bond donors (Lipinski definition) is 3. The van der Waals surface area contributed by atoms with Gasteiger partial charge in [-0.05, 0) is 30.0 Å². The lowest BCUT2D eigenvalue weighted by atomic mass is 10.1. The zero-order valence-electron chi connectivity index (χ0n) is 16.1. The number of carbonyl (C=O) groups excluding carboxylic acids is 2. The average molecular weight is 419 g/mol. The molecule has 0 fully saturated rings. The van der Waals surface area contributed by atoms with Gasteiger partial charge in [0.15, 0.2) is 0 Å². The van der Waals surface area contributed by atoms with Gasteiger partial charge in [-0.25, -0.2) is 14.6 Å². The van der Waals surface area contributed by atoms with E-state index in [4.69, 9.17) is 4.74 Å². The van der Waals surface area contributed by atoms with Crippen LogP contribution in [0.4, 0.5) is 15.4 Å². The third kappa shape index (κ3) is 6.08. The van der Waals surface area contributed by atoms with E-state index in [0.717, 1.165) is 16.3 Å². The summed E-state index contributed by atoms with van der Waals surface area (Å²) < 4.78 is 6.81. The highest BCUT2D eigenvalue weighted by atomic mass is 35.5. The van der Waals surface area contributed by atoms with E-state index in [1.807, 2.05) is 25.1 Å². The maximum Gasteiger partial charge on any atom is 0.407 e. The number of fused-ring (bicyclic) bond motifs is 1. The molecule has 3 amide bonds. The molecule has 2 heterocycles. The first kappa shape index (κ1) is 22.0. The van der Waals surface area contributed by atoms with Crippen LogP contribution in [0.15, 0.2) is 42.7 Å². The van der Waals surface area contributed by atoms with Crippen LogP contribution in [-0.2, 0) is 24.9 Å². The first-order valence-electron chi connectivity index (χ1n) is 8.87. The Kier molecular flexibility index (Phi) is 7.79. The number of halogens is 1. The standard InChI is InChI=1S/C19H22N6O3.ClH/c1-3-20-18(26)23-17-9-13-5-4-6-14(16(13)11-21-17)10-22-19(27)28-12-15-7-8-25(2)24-15;/h4-9,11H,3,10,12H2,1-2H3,(H,22,27)(H2,20,21,23,26);1H. The summed E-state index contributed by atoms with van der Waals surface area (Å²) in [6.45, 7) is 2.78. The van der Waals surface area contributed by atoms with Gasteiger partial charge in [0, 0.05) is 37.9 Å². The molecule has 29 heavy (non-hydrogen) atoms. The smallest absolute Gasteiger partial charge is 0.407 e. The van der Waals surface area contributed by atoms with Crippen molar-refractivity contribution in [2.45, 2.75) is 20.1 Å². The van der Waals surface area contributed by atoms with Gasteiger partial charge in [0.1, 0.15) is 12.4 Å². The topological polar surface area (TPSA) is 110 Å². The van der Waals surface area contributed by atoms with E-state index < -0.39 is 6.09 Å². The molecule has 3 N–H and O–H groups in total. The Morgan fingerprint density at radius 3 is 2.76 bits per heavy atom. The molecule has 0 aliphatic carbocycles. The lowest BCUT2D eigenvalue weighted by Crippen LogP contribution is -2.28. The second-order valence-electron chi connectivity index (χ2n) is 6.10. The average Bonchev–Trinajstić information content (AvgIpc) is 3.10. The van der Waals surface area contributed by atoms with Crippen LogP contribution >= 0.6 is 12.4 Å². The molecule has 0 saturated heterocycles. The maximum atomic E-state index is 11.9. The Bertz CT molecular complexity index is 991. The number of anilines is 1. The summed E-state index contributed by atoms with van der Waals surface area (Å²) >= 11 is 0. The van der Waals surface area contributed by atoms with E-state index in [1.54, 1.807) is 36.3 Å². The first-order valence-corrected chi connectivity index (χ1v) is 8.87. The van der Waals surface area contributed by atoms with Crippen LogP contribution in [0, 0.1) is 0 Å². The molecule has 0 radical (unpaired) electrons. The van der Waals surface area contributed by atoms with Gasteiger partial charge in [0.25, 0.3) is 0 Å². The van der Waals surface area contributed by atoms with Gasteiger partial charge in [-0.3, -0.25) is 10.00 Å². The number of hydrogen-bond acceptors (Lipinski definition) is 5. The van der Waals surface area contributed by atoms with E-state index in [0.29, 0.717) is 24.6 Å². The third-order valence-corrected chi connectivity index (χ3v) is 3.98. The van der Waals surface area contributed by atoms with E-state index in [2.05, 4.69) is 26.0 Å². The summed E-state index contributed by atoms with van der Waals surface area (Å²) in [7, 11) is 1.80. The molecule has 10 heteroatoms. The third-order valence-electron chi connectivity index (χ3n) is 3.98. The van der Waals surface area contributed by atoms with Crippen molar-refractivity contribution in [3.63, 3.8) is 0 Å². The molecule has 3 aromatic rings. The molecule has 3 rings (SSSR count). The number of amides is 3. The van der Waals surface area contributed by atoms with Crippen molar-refractivity contribution in [1.82, 2.24) is 25.4 Å². The van der Waals surface area contributed by atoms with Crippen LogP contribution < -0.4 is 16.0 Å². The minimum atomic E-state index is -0.523. The summed E-state index contributed by atoms with van der Waals surface area (Å²) in [5, 5.41) is 14.0. The highest BCUT2D eigenvalue weighted by Gasteiger charge is 2.08. The van der Waals surface area contributed by atoms with Crippen LogP contribution in [-0.4, -0.2) is 33.4 Å². The molecule has 9 nitrogen and oxygen atoms in total. The zero-order valence-corrected chi connectivity index (χ0v) is 17.0. The van der Waals surface area contributed by atoms with E-state index in [1.165, 1.54) is 0 Å². The number of aromatic nitrogens is 3. The van der Waals surface area contributed by atoms with Crippen molar-refractivity contribution in [2.75, 3.05) is 11.9 Å². The number of carbonyl (C=O) groups is 2. The van der Waals surface area contributed by atoms with Crippen LogP contribution in [0.1, 0.15) is 18.2 Å². The van der Waals surface area contributed by atoms with Crippen molar-refractivity contribution in [3.05, 3.63) is 54.0 Å². The van der Waals surface area contributed by atoms with Crippen LogP contribution in [0.3, 0.4) is 0 Å². The Morgan fingerprint density at radius 1 is 1.21 bits per heavy atom. The van der Waals surface area contributed by atoms with Gasteiger partial charge in [0.2, 0.25) is 0 Å². The number of aryl methyl sites for hydroxylation is 1. The number of pyridine rings is 1. The molecule has 0 aliphatic heterocycles. The molecule has 0 atom stereocenters. The van der Waals surface area contributed by atoms with Gasteiger partial charge in [-0.1, -0.05) is 18.2 Å². The van der Waals surface area contributed by atoms with E-state index in [-0.39, 0.29) is 25.0 Å². The first-order chi connectivity index (χ1) is 13.5. The minimum absolute atomic E-state index is 0. The fourth-order valence-electron chi connectivity index (χ4n) is 2.68. The molecular weight excluding hydrogens is 396 g/mol. The Balaban J connectivity index is 0.00000300. The molecule has 0 spiro atoms. The molecule has 0 saturated carbocycles. The van der Waals surface area contributed by atoms with Crippen molar-refractivity contribution in [2.24, 2.45) is 7.05 Å². The zero-order chi connectivity index (χ0) is 19.9. The molecule has 0 unspecified atom stereocenters. The van der Waals surface area contributed by atoms with Gasteiger partial charge in [-0.15, -0.1) is 12.4 Å². The number of rotatable bonds is 6. The second-order valence-corrected chi connectivity index (χ2v) is 6.10. The van der Waals surface area contributed by atoms with Crippen LogP contribution in [0.25, 0.3) is 10.8 Å². The molecule has 1 aromatic carbocycles. The number of ether oxygens (including phenoxy) is 1. The minimum Gasteiger partial charge on any atom is -0.443 e. The fraction of sp³-hybridized carbons (Fsp3) is 0.263. The number of urea groups is 1. The lowest BCUT2D eigenvalue weighted by Gasteiger charge is -2.10. The maximum absolute atomic E-state index is 11.9. The van der Waals surface area contributed by atoms with Gasteiger partial charge >= 0.3 is 12.1 Å². The number of nitrogens with zero attached hydrogens (tertiary/aromatic N) is 3. The molecule has 2 aromatic heterocycles. The highest BCUT2D eigenvalue weighted by Crippen LogP contribution is 2.20. The number of benzene rings is 1. The van der Waals surface area contributed by atoms with E-state index in [9.17, 15) is 9.59 Å². The SMILES string of the molecule is CCNC(=O)Nc1cc2cccc(CNC(=O)OCc3ccn(C)n3)c2cn1.Cl. The predicted octanol–water partition coefficient (Wildman–Crippen LogP) is 2.96. The molecule has 154 valence electrons. The quantitative estimate of drug-likeness (QED) is 0.570. The molecule has 0 aliphatic rings. The second kappa shape index (κ2) is 10.3. The molecule has 0 bridgehead atoms. The van der Waals surface area contributed by atoms with E-state index >= 15 is 0 Å². The number of alkyl carbamates (subject to hydrolysis) is 1. The summed E-state index contributed by atoms with van der Waals surface area (Å²) in [5.74, 6) is 0.457. The van der Waals surface area contributed by atoms with Crippen molar-refractivity contribution >= 4 is 41.1 Å². The van der Waals surface area contributed by atoms with Crippen LogP contribution in [0.2, 0.25) is 0 Å². The predicted molar refractivity (Wildman–Crippen MR) is 112 cm³/mol. The van der Waals surface area contributed by atoms with Gasteiger partial charge in [-0.2, -0.15) is 5.10 Å². The van der Waals surface area contributed by atoms with Crippen molar-refractivity contribution < 1.29 is 14.3 Å². The number of nitrogens with one attached hydrogen (secondary N) is 3. The normalized spacial score (nSPS) is 10.1. The van der Waals surface area contributed by atoms with Crippen molar-refractivity contribution in [3.8, 4) is 0 Å². The summed E-state index contributed by atoms with van der Waals surface area (Å²) in [4.78, 5) is 27.8. The summed E-state index contributed by atoms with van der Waals surface area (Å²) in [6, 6.07) is 8.98. The van der Waals surface area contributed by atoms with Crippen molar-refractivity contribution in [1.29, 1.82) is 0 Å². The highest BCUT2D eigenvalue weighted by molar-refractivity contribution is 5.92. The molecular formula is C19H23ClN6O3. The lowest BCUT2D eigenvalue weighted by molar-refractivity contribution is 0.137. The Morgan fingerprint density at radius 2 is 2.03 bits per heavy atom.